The fraction of sp³-hybridized carbons (Fsp3) is 0.562. The lowest BCUT2D eigenvalue weighted by atomic mass is 10.0. The summed E-state index contributed by atoms with van der Waals surface area (Å²) in [4.78, 5) is 15.6. The number of benzene rings is 1. The van der Waals surface area contributed by atoms with Crippen LogP contribution in [0.4, 0.5) is 5.69 Å². The molecule has 0 aromatic heterocycles. The minimum absolute atomic E-state index is 0.0417. The van der Waals surface area contributed by atoms with Crippen molar-refractivity contribution in [2.75, 3.05) is 31.1 Å². The molecule has 4 nitrogen and oxygen atoms in total. The van der Waals surface area contributed by atoms with Gasteiger partial charge in [0.05, 0.1) is 0 Å². The monoisotopic (exact) mass is 310 g/mol. The van der Waals surface area contributed by atoms with Crippen LogP contribution in [0.15, 0.2) is 24.3 Å². The van der Waals surface area contributed by atoms with Crippen LogP contribution >= 0.6 is 11.6 Å². The molecule has 0 unspecified atom stereocenters. The number of aliphatic carboxylic acids is 1. The van der Waals surface area contributed by atoms with Crippen molar-refractivity contribution < 1.29 is 9.90 Å². The van der Waals surface area contributed by atoms with Crippen LogP contribution in [0.5, 0.6) is 0 Å². The van der Waals surface area contributed by atoms with E-state index in [1.807, 2.05) is 29.2 Å². The number of carboxylic acids is 1. The van der Waals surface area contributed by atoms with Gasteiger partial charge in [0.15, 0.2) is 0 Å². The molecular formula is C16H23ClN2O2. The molecule has 1 heterocycles. The Balaban J connectivity index is 2.06. The first kappa shape index (κ1) is 16.1. The van der Waals surface area contributed by atoms with Crippen LogP contribution in [0.2, 0.25) is 5.02 Å². The molecule has 1 aromatic rings. The van der Waals surface area contributed by atoms with E-state index in [-0.39, 0.29) is 12.6 Å². The minimum atomic E-state index is -0.791. The maximum atomic E-state index is 11.2. The van der Waals surface area contributed by atoms with Gasteiger partial charge in [-0.15, -0.1) is 0 Å². The van der Waals surface area contributed by atoms with Crippen LogP contribution in [-0.2, 0) is 4.79 Å². The largest absolute Gasteiger partial charge is 0.480 e. The Morgan fingerprint density at radius 1 is 1.33 bits per heavy atom. The van der Waals surface area contributed by atoms with Gasteiger partial charge in [-0.25, -0.2) is 0 Å². The number of hydrogen-bond donors (Lipinski definition) is 1. The number of anilines is 1. The number of piperidine rings is 1. The highest BCUT2D eigenvalue weighted by Crippen LogP contribution is 2.25. The molecule has 0 bridgehead atoms. The zero-order valence-corrected chi connectivity index (χ0v) is 13.2. The number of hydrogen-bond acceptors (Lipinski definition) is 3. The Bertz CT molecular complexity index is 456. The molecule has 116 valence electrons. The normalized spacial score (nSPS) is 16.9. The lowest BCUT2D eigenvalue weighted by Crippen LogP contribution is -2.47. The van der Waals surface area contributed by atoms with Crippen molar-refractivity contribution in [3.05, 3.63) is 29.3 Å². The topological polar surface area (TPSA) is 43.8 Å². The van der Waals surface area contributed by atoms with Crippen LogP contribution in [0, 0.1) is 0 Å². The van der Waals surface area contributed by atoms with Crippen molar-refractivity contribution in [1.82, 2.24) is 4.90 Å². The molecule has 1 saturated heterocycles. The number of likely N-dealkylation sites (tertiary alicyclic amines) is 1. The molecule has 1 N–H and O–H groups in total. The fourth-order valence-electron chi connectivity index (χ4n) is 2.98. The Morgan fingerprint density at radius 3 is 2.48 bits per heavy atom. The number of carbonyl (C=O) groups is 1. The van der Waals surface area contributed by atoms with Crippen LogP contribution < -0.4 is 4.90 Å². The predicted octanol–water partition coefficient (Wildman–Crippen LogP) is 3.11. The molecule has 0 aliphatic carbocycles. The van der Waals surface area contributed by atoms with Crippen molar-refractivity contribution in [3.63, 3.8) is 0 Å². The van der Waals surface area contributed by atoms with Gasteiger partial charge in [0.25, 0.3) is 0 Å². The molecule has 1 fully saturated rings. The molecule has 0 atom stereocenters. The van der Waals surface area contributed by atoms with Crippen LogP contribution in [0.3, 0.4) is 0 Å². The first-order valence-electron chi connectivity index (χ1n) is 7.56. The Morgan fingerprint density at radius 2 is 1.95 bits per heavy atom. The van der Waals surface area contributed by atoms with Crippen molar-refractivity contribution in [1.29, 1.82) is 0 Å². The van der Waals surface area contributed by atoms with Crippen molar-refractivity contribution in [2.45, 2.75) is 32.2 Å². The summed E-state index contributed by atoms with van der Waals surface area (Å²) in [5.74, 6) is -0.791. The average Bonchev–Trinajstić information content (AvgIpc) is 2.47. The van der Waals surface area contributed by atoms with E-state index in [4.69, 9.17) is 11.6 Å². The number of nitrogens with zero attached hydrogens (tertiary/aromatic N) is 2. The fourth-order valence-corrected chi connectivity index (χ4v) is 3.11. The zero-order chi connectivity index (χ0) is 15.2. The Labute approximate surface area is 131 Å². The quantitative estimate of drug-likeness (QED) is 0.877. The summed E-state index contributed by atoms with van der Waals surface area (Å²) in [5, 5.41) is 9.86. The van der Waals surface area contributed by atoms with E-state index in [1.165, 1.54) is 6.42 Å². The second-order valence-electron chi connectivity index (χ2n) is 5.57. The zero-order valence-electron chi connectivity index (χ0n) is 12.5. The highest BCUT2D eigenvalue weighted by Gasteiger charge is 2.25. The molecular weight excluding hydrogens is 288 g/mol. The van der Waals surface area contributed by atoms with Gasteiger partial charge in [-0.3, -0.25) is 4.79 Å². The first-order chi connectivity index (χ1) is 10.1. The van der Waals surface area contributed by atoms with Gasteiger partial charge in [0, 0.05) is 29.8 Å². The van der Waals surface area contributed by atoms with E-state index >= 15 is 0 Å². The van der Waals surface area contributed by atoms with Crippen molar-refractivity contribution >= 4 is 23.3 Å². The maximum Gasteiger partial charge on any atom is 0.323 e. The third kappa shape index (κ3) is 4.61. The van der Waals surface area contributed by atoms with Gasteiger partial charge in [-0.1, -0.05) is 18.5 Å². The minimum Gasteiger partial charge on any atom is -0.480 e. The molecule has 1 aliphatic heterocycles. The summed E-state index contributed by atoms with van der Waals surface area (Å²) < 4.78 is 0. The second kappa shape index (κ2) is 7.66. The van der Waals surface area contributed by atoms with Gasteiger partial charge in [0.1, 0.15) is 6.54 Å². The third-order valence-electron chi connectivity index (χ3n) is 4.00. The van der Waals surface area contributed by atoms with Gasteiger partial charge >= 0.3 is 5.97 Å². The highest BCUT2D eigenvalue weighted by atomic mass is 35.5. The van der Waals surface area contributed by atoms with Crippen LogP contribution in [0.25, 0.3) is 0 Å². The van der Waals surface area contributed by atoms with Crippen molar-refractivity contribution in [2.24, 2.45) is 0 Å². The van der Waals surface area contributed by atoms with Crippen molar-refractivity contribution in [3.8, 4) is 0 Å². The summed E-state index contributed by atoms with van der Waals surface area (Å²) in [6, 6.07) is 7.74. The smallest absolute Gasteiger partial charge is 0.323 e. The Hall–Kier alpha value is -1.26. The predicted molar refractivity (Wildman–Crippen MR) is 86.2 cm³/mol. The van der Waals surface area contributed by atoms with Crippen LogP contribution in [0.1, 0.15) is 26.2 Å². The number of carboxylic acid groups (broad SMARTS) is 1. The number of halogens is 1. The molecule has 5 heteroatoms. The molecule has 0 saturated carbocycles. The molecule has 21 heavy (non-hydrogen) atoms. The van der Waals surface area contributed by atoms with E-state index in [0.29, 0.717) is 5.02 Å². The molecule has 1 aromatic carbocycles. The molecule has 0 amide bonds. The highest BCUT2D eigenvalue weighted by molar-refractivity contribution is 6.30. The molecule has 1 aliphatic rings. The standard InChI is InChI=1S/C16H23ClN2O2/c1-2-9-18-10-7-15(8-11-18)19(12-16(20)21)14-5-3-13(17)4-6-14/h3-6,15H,2,7-12H2,1H3,(H,20,21). The average molecular weight is 311 g/mol. The molecule has 0 spiro atoms. The lowest BCUT2D eigenvalue weighted by Gasteiger charge is -2.39. The summed E-state index contributed by atoms with van der Waals surface area (Å²) in [7, 11) is 0. The van der Waals surface area contributed by atoms with E-state index in [0.717, 1.165) is 38.2 Å². The summed E-state index contributed by atoms with van der Waals surface area (Å²) in [5.41, 5.74) is 0.941. The molecule has 2 rings (SSSR count). The van der Waals surface area contributed by atoms with Crippen LogP contribution in [-0.4, -0.2) is 48.2 Å². The van der Waals surface area contributed by atoms with E-state index in [1.54, 1.807) is 0 Å². The van der Waals surface area contributed by atoms with E-state index in [9.17, 15) is 9.90 Å². The number of rotatable bonds is 6. The summed E-state index contributed by atoms with van der Waals surface area (Å²) in [6.45, 7) is 5.45. The van der Waals surface area contributed by atoms with Gasteiger partial charge in [-0.2, -0.15) is 0 Å². The molecule has 0 radical (unpaired) electrons. The van der Waals surface area contributed by atoms with Gasteiger partial charge < -0.3 is 14.9 Å². The first-order valence-corrected chi connectivity index (χ1v) is 7.94. The SMILES string of the molecule is CCCN1CCC(N(CC(=O)O)c2ccc(Cl)cc2)CC1. The Kier molecular flexibility index (Phi) is 5.88. The van der Waals surface area contributed by atoms with E-state index in [2.05, 4.69) is 11.8 Å². The van der Waals surface area contributed by atoms with Gasteiger partial charge in [-0.05, 0) is 50.1 Å². The second-order valence-corrected chi connectivity index (χ2v) is 6.01. The maximum absolute atomic E-state index is 11.2. The summed E-state index contributed by atoms with van der Waals surface area (Å²) >= 11 is 5.92. The van der Waals surface area contributed by atoms with Gasteiger partial charge in [0.2, 0.25) is 0 Å². The van der Waals surface area contributed by atoms with E-state index < -0.39 is 5.97 Å². The summed E-state index contributed by atoms with van der Waals surface area (Å²) in [6.07, 6.45) is 3.19. The lowest BCUT2D eigenvalue weighted by molar-refractivity contribution is -0.135. The third-order valence-corrected chi connectivity index (χ3v) is 4.25.